The average Bonchev–Trinajstić information content (AvgIpc) is 3.88. The van der Waals surface area contributed by atoms with Crippen LogP contribution in [0.25, 0.3) is 112 Å². The van der Waals surface area contributed by atoms with E-state index < -0.39 is 0 Å². The van der Waals surface area contributed by atoms with Gasteiger partial charge < -0.3 is 9.13 Å². The molecule has 11 heteroatoms. The molecule has 0 aliphatic carbocycles. The standard InChI is InChI=1S/C57H39N11/c1-33-59-34(2)62-55(61-33)40-23-25-50-44(29-40)42-19-11-13-21-48(42)67(50)52-27-37(32-58)28-53(54(52)57-65-46(38-15-7-5-8-16-38)31-47(66-57)39-17-9-6-10-18-39)68-49-22-14-12-20-43(49)45-30-41(24-26-51(45)68)56-63-35(3)60-36(4)64-56/h5-31H,1-4H3. The molecule has 7 aromatic carbocycles. The van der Waals surface area contributed by atoms with Gasteiger partial charge in [0, 0.05) is 43.8 Å². The summed E-state index contributed by atoms with van der Waals surface area (Å²) in [6.45, 7) is 7.54. The molecule has 0 bridgehead atoms. The Morgan fingerprint density at radius 1 is 0.353 bits per heavy atom. The van der Waals surface area contributed by atoms with Gasteiger partial charge in [-0.25, -0.2) is 39.9 Å². The maximum atomic E-state index is 11.1. The van der Waals surface area contributed by atoms with E-state index in [2.05, 4.69) is 128 Å². The zero-order valence-corrected chi connectivity index (χ0v) is 37.5. The Labute approximate surface area is 390 Å². The largest absolute Gasteiger partial charge is 0.308 e. The van der Waals surface area contributed by atoms with Gasteiger partial charge in [0.2, 0.25) is 0 Å². The molecule has 11 nitrogen and oxygen atoms in total. The van der Waals surface area contributed by atoms with E-state index in [1.807, 2.05) is 88.4 Å². The van der Waals surface area contributed by atoms with Crippen LogP contribution in [0.1, 0.15) is 28.9 Å². The Morgan fingerprint density at radius 2 is 0.750 bits per heavy atom. The fraction of sp³-hybridized carbons (Fsp3) is 0.0702. The molecule has 0 amide bonds. The van der Waals surface area contributed by atoms with Crippen molar-refractivity contribution in [3.8, 4) is 74.1 Å². The number of hydrogen-bond donors (Lipinski definition) is 0. The molecule has 322 valence electrons. The molecule has 0 N–H and O–H groups in total. The van der Waals surface area contributed by atoms with E-state index >= 15 is 0 Å². The summed E-state index contributed by atoms with van der Waals surface area (Å²) < 4.78 is 4.49. The number of fused-ring (bicyclic) bond motifs is 6. The summed E-state index contributed by atoms with van der Waals surface area (Å²) in [6, 6.07) is 58.3. The van der Waals surface area contributed by atoms with Gasteiger partial charge in [0.25, 0.3) is 0 Å². The molecule has 0 aliphatic rings. The first kappa shape index (κ1) is 40.3. The first-order valence-electron chi connectivity index (χ1n) is 22.3. The zero-order chi connectivity index (χ0) is 46.0. The summed E-state index contributed by atoms with van der Waals surface area (Å²) in [7, 11) is 0. The number of para-hydroxylation sites is 2. The van der Waals surface area contributed by atoms with Crippen LogP contribution in [-0.4, -0.2) is 49.0 Å². The van der Waals surface area contributed by atoms with Crippen molar-refractivity contribution in [2.45, 2.75) is 27.7 Å². The molecule has 12 aromatic rings. The fourth-order valence-electron chi connectivity index (χ4n) is 9.56. The Morgan fingerprint density at radius 3 is 1.18 bits per heavy atom. The molecule has 0 atom stereocenters. The quantitative estimate of drug-likeness (QED) is 0.153. The third-order valence-electron chi connectivity index (χ3n) is 12.4. The highest BCUT2D eigenvalue weighted by molar-refractivity contribution is 6.13. The van der Waals surface area contributed by atoms with Crippen molar-refractivity contribution in [3.05, 3.63) is 193 Å². The topological polar surface area (TPSA) is 137 Å². The lowest BCUT2D eigenvalue weighted by Gasteiger charge is -2.21. The van der Waals surface area contributed by atoms with E-state index in [4.69, 9.17) is 29.9 Å². The van der Waals surface area contributed by atoms with Crippen molar-refractivity contribution in [1.82, 2.24) is 49.0 Å². The number of nitriles is 1. The van der Waals surface area contributed by atoms with Crippen LogP contribution in [0.15, 0.2) is 164 Å². The highest BCUT2D eigenvalue weighted by Crippen LogP contribution is 2.44. The van der Waals surface area contributed by atoms with Crippen molar-refractivity contribution in [2.24, 2.45) is 0 Å². The van der Waals surface area contributed by atoms with Crippen LogP contribution in [-0.2, 0) is 0 Å². The molecule has 0 spiro atoms. The fourth-order valence-corrected chi connectivity index (χ4v) is 9.56. The maximum absolute atomic E-state index is 11.1. The Balaban J connectivity index is 1.22. The highest BCUT2D eigenvalue weighted by atomic mass is 15.1. The first-order valence-corrected chi connectivity index (χ1v) is 22.3. The number of hydrogen-bond acceptors (Lipinski definition) is 9. The Hall–Kier alpha value is -9.27. The minimum Gasteiger partial charge on any atom is -0.308 e. The number of nitrogens with zero attached hydrogens (tertiary/aromatic N) is 11. The minimum atomic E-state index is 0.471. The second-order valence-corrected chi connectivity index (χ2v) is 16.9. The van der Waals surface area contributed by atoms with Crippen molar-refractivity contribution in [1.29, 1.82) is 5.26 Å². The smallest absolute Gasteiger partial charge is 0.164 e. The van der Waals surface area contributed by atoms with Crippen LogP contribution in [0.3, 0.4) is 0 Å². The molecule has 5 heterocycles. The van der Waals surface area contributed by atoms with E-state index in [0.717, 1.165) is 94.2 Å². The predicted molar refractivity (Wildman–Crippen MR) is 268 cm³/mol. The zero-order valence-electron chi connectivity index (χ0n) is 37.5. The van der Waals surface area contributed by atoms with Gasteiger partial charge in [0.15, 0.2) is 17.5 Å². The second kappa shape index (κ2) is 16.0. The SMILES string of the molecule is Cc1nc(C)nc(-c2ccc3c(c2)c2ccccc2n3-c2cc(C#N)cc(-n3c4ccccc4c4cc(-c5nc(C)nc(C)n5)ccc43)c2-c2nc(-c3ccccc3)cc(-c3ccccc3)n2)n1. The lowest BCUT2D eigenvalue weighted by molar-refractivity contribution is 0.928. The van der Waals surface area contributed by atoms with Gasteiger partial charge in [0.1, 0.15) is 23.3 Å². The maximum Gasteiger partial charge on any atom is 0.164 e. The molecule has 5 aromatic heterocycles. The van der Waals surface area contributed by atoms with Gasteiger partial charge in [-0.1, -0.05) is 97.1 Å². The summed E-state index contributed by atoms with van der Waals surface area (Å²) in [5.41, 5.74) is 11.6. The summed E-state index contributed by atoms with van der Waals surface area (Å²) >= 11 is 0. The third-order valence-corrected chi connectivity index (χ3v) is 12.4. The van der Waals surface area contributed by atoms with Gasteiger partial charge >= 0.3 is 0 Å². The van der Waals surface area contributed by atoms with Gasteiger partial charge in [-0.2, -0.15) is 5.26 Å². The molecule has 12 rings (SSSR count). The van der Waals surface area contributed by atoms with Crippen LogP contribution in [0.5, 0.6) is 0 Å². The van der Waals surface area contributed by atoms with E-state index in [0.29, 0.717) is 46.3 Å². The molecular formula is C57H39N11. The average molecular weight is 878 g/mol. The van der Waals surface area contributed by atoms with Crippen molar-refractivity contribution in [2.75, 3.05) is 0 Å². The summed E-state index contributed by atoms with van der Waals surface area (Å²) in [5, 5.41) is 15.1. The van der Waals surface area contributed by atoms with Crippen molar-refractivity contribution in [3.63, 3.8) is 0 Å². The van der Waals surface area contributed by atoms with Crippen LogP contribution in [0, 0.1) is 39.0 Å². The first-order chi connectivity index (χ1) is 33.3. The molecule has 0 unspecified atom stereocenters. The summed E-state index contributed by atoms with van der Waals surface area (Å²) in [4.78, 5) is 38.8. The highest BCUT2D eigenvalue weighted by Gasteiger charge is 2.26. The lowest BCUT2D eigenvalue weighted by atomic mass is 10.0. The van der Waals surface area contributed by atoms with Crippen LogP contribution in [0.4, 0.5) is 0 Å². The molecule has 0 fully saturated rings. The number of aromatic nitrogens is 10. The molecule has 0 saturated carbocycles. The van der Waals surface area contributed by atoms with Gasteiger partial charge in [0.05, 0.1) is 62.0 Å². The lowest BCUT2D eigenvalue weighted by Crippen LogP contribution is -2.07. The third kappa shape index (κ3) is 6.82. The minimum absolute atomic E-state index is 0.471. The molecule has 0 aliphatic heterocycles. The number of benzene rings is 7. The van der Waals surface area contributed by atoms with Gasteiger partial charge in [-0.05, 0) is 94.4 Å². The van der Waals surface area contributed by atoms with E-state index in [1.165, 1.54) is 0 Å². The van der Waals surface area contributed by atoms with Crippen LogP contribution >= 0.6 is 0 Å². The Kier molecular flexibility index (Phi) is 9.48. The second-order valence-electron chi connectivity index (χ2n) is 16.9. The molecular weight excluding hydrogens is 839 g/mol. The van der Waals surface area contributed by atoms with Gasteiger partial charge in [-0.15, -0.1) is 0 Å². The van der Waals surface area contributed by atoms with Crippen LogP contribution < -0.4 is 0 Å². The Bertz CT molecular complexity index is 3750. The van der Waals surface area contributed by atoms with Crippen molar-refractivity contribution < 1.29 is 0 Å². The predicted octanol–water partition coefficient (Wildman–Crippen LogP) is 12.5. The molecule has 68 heavy (non-hydrogen) atoms. The normalized spacial score (nSPS) is 11.5. The molecule has 0 saturated heterocycles. The summed E-state index contributed by atoms with van der Waals surface area (Å²) in [6.07, 6.45) is 0. The van der Waals surface area contributed by atoms with Gasteiger partial charge in [-0.3, -0.25) is 0 Å². The van der Waals surface area contributed by atoms with E-state index in [-0.39, 0.29) is 0 Å². The van der Waals surface area contributed by atoms with E-state index in [1.54, 1.807) is 0 Å². The summed E-state index contributed by atoms with van der Waals surface area (Å²) in [5.74, 6) is 4.35. The monoisotopic (exact) mass is 877 g/mol. The van der Waals surface area contributed by atoms with Crippen LogP contribution in [0.2, 0.25) is 0 Å². The molecule has 0 radical (unpaired) electrons. The van der Waals surface area contributed by atoms with E-state index in [9.17, 15) is 5.26 Å². The number of aryl methyl sites for hydroxylation is 4. The van der Waals surface area contributed by atoms with Crippen molar-refractivity contribution >= 4 is 43.6 Å². The number of rotatable bonds is 7.